The van der Waals surface area contributed by atoms with Crippen molar-refractivity contribution in [2.45, 2.75) is 26.2 Å². The third kappa shape index (κ3) is 2.38. The number of hydrogen-bond donors (Lipinski definition) is 0. The number of hydrazone groups is 1. The van der Waals surface area contributed by atoms with E-state index in [0.29, 0.717) is 5.56 Å². The Kier molecular flexibility index (Phi) is 3.27. The Morgan fingerprint density at radius 3 is 3.00 bits per heavy atom. The number of imide groups is 1. The van der Waals surface area contributed by atoms with Crippen molar-refractivity contribution in [3.8, 4) is 0 Å². The Hall–Kier alpha value is -2.04. The maximum Gasteiger partial charge on any atom is 0.282 e. The Labute approximate surface area is 99.1 Å². The van der Waals surface area contributed by atoms with E-state index in [9.17, 15) is 9.59 Å². The summed E-state index contributed by atoms with van der Waals surface area (Å²) in [6.45, 7) is 2.01. The zero-order chi connectivity index (χ0) is 12.3. The highest BCUT2D eigenvalue weighted by Gasteiger charge is 2.29. The van der Waals surface area contributed by atoms with Gasteiger partial charge >= 0.3 is 0 Å². The number of rotatable bonds is 3. The van der Waals surface area contributed by atoms with Crippen molar-refractivity contribution in [1.29, 1.82) is 0 Å². The van der Waals surface area contributed by atoms with Crippen LogP contribution in [0.15, 0.2) is 29.6 Å². The molecule has 17 heavy (non-hydrogen) atoms. The summed E-state index contributed by atoms with van der Waals surface area (Å²) in [6.07, 6.45) is 4.93. The van der Waals surface area contributed by atoms with Gasteiger partial charge in [-0.25, -0.2) is 0 Å². The van der Waals surface area contributed by atoms with E-state index in [4.69, 9.17) is 0 Å². The molecular formula is C12H13N3O2. The molecule has 0 saturated heterocycles. The minimum Gasteiger partial charge on any atom is -0.272 e. The molecule has 0 aliphatic carbocycles. The van der Waals surface area contributed by atoms with Gasteiger partial charge in [-0.15, -0.1) is 0 Å². The van der Waals surface area contributed by atoms with E-state index in [1.165, 1.54) is 6.20 Å². The first-order valence-corrected chi connectivity index (χ1v) is 5.56. The second-order valence-electron chi connectivity index (χ2n) is 3.85. The monoisotopic (exact) mass is 231 g/mol. The smallest absolute Gasteiger partial charge is 0.272 e. The molecular weight excluding hydrogens is 218 g/mol. The molecule has 0 N–H and O–H groups in total. The van der Waals surface area contributed by atoms with Gasteiger partial charge in [0.15, 0.2) is 0 Å². The van der Waals surface area contributed by atoms with Crippen molar-refractivity contribution in [1.82, 2.24) is 9.99 Å². The predicted molar refractivity (Wildman–Crippen MR) is 62.4 cm³/mol. The minimum atomic E-state index is -0.408. The van der Waals surface area contributed by atoms with E-state index >= 15 is 0 Å². The van der Waals surface area contributed by atoms with Crippen molar-refractivity contribution < 1.29 is 9.59 Å². The Balaban J connectivity index is 2.18. The molecule has 0 radical (unpaired) electrons. The highest BCUT2D eigenvalue weighted by molar-refractivity contribution is 6.14. The van der Waals surface area contributed by atoms with E-state index in [1.54, 1.807) is 18.3 Å². The molecule has 2 heterocycles. The van der Waals surface area contributed by atoms with E-state index in [2.05, 4.69) is 10.1 Å². The SMILES string of the molecule is CCCC1=NN(C(=O)c2cccnc2)C(=O)C1. The van der Waals surface area contributed by atoms with Gasteiger partial charge in [0.2, 0.25) is 0 Å². The van der Waals surface area contributed by atoms with Crippen LogP contribution < -0.4 is 0 Å². The summed E-state index contributed by atoms with van der Waals surface area (Å²) in [5.74, 6) is -0.670. The molecule has 1 aliphatic heterocycles. The van der Waals surface area contributed by atoms with E-state index < -0.39 is 5.91 Å². The first-order valence-electron chi connectivity index (χ1n) is 5.56. The fourth-order valence-corrected chi connectivity index (χ4v) is 1.68. The first kappa shape index (κ1) is 11.4. The lowest BCUT2D eigenvalue weighted by molar-refractivity contribution is -0.126. The highest BCUT2D eigenvalue weighted by Crippen LogP contribution is 2.15. The molecule has 0 fully saturated rings. The van der Waals surface area contributed by atoms with Crippen LogP contribution in [-0.2, 0) is 4.79 Å². The fraction of sp³-hybridized carbons (Fsp3) is 0.333. The van der Waals surface area contributed by atoms with Gasteiger partial charge in [0.05, 0.1) is 12.0 Å². The van der Waals surface area contributed by atoms with Crippen LogP contribution in [0, 0.1) is 0 Å². The number of carbonyl (C=O) groups excluding carboxylic acids is 2. The molecule has 5 nitrogen and oxygen atoms in total. The maximum atomic E-state index is 12.0. The predicted octanol–water partition coefficient (Wildman–Crippen LogP) is 1.61. The molecule has 88 valence electrons. The molecule has 0 unspecified atom stereocenters. The number of amides is 2. The van der Waals surface area contributed by atoms with Crippen molar-refractivity contribution >= 4 is 17.5 Å². The third-order valence-corrected chi connectivity index (χ3v) is 2.47. The van der Waals surface area contributed by atoms with Gasteiger partial charge in [0.1, 0.15) is 0 Å². The molecule has 2 rings (SSSR count). The van der Waals surface area contributed by atoms with Gasteiger partial charge in [-0.2, -0.15) is 10.1 Å². The van der Waals surface area contributed by atoms with Crippen molar-refractivity contribution in [3.63, 3.8) is 0 Å². The van der Waals surface area contributed by atoms with Gasteiger partial charge in [0.25, 0.3) is 11.8 Å². The lowest BCUT2D eigenvalue weighted by atomic mass is 10.2. The molecule has 0 atom stereocenters. The van der Waals surface area contributed by atoms with E-state index in [0.717, 1.165) is 23.6 Å². The molecule has 1 aromatic heterocycles. The summed E-state index contributed by atoms with van der Waals surface area (Å²) in [5.41, 5.74) is 1.15. The normalized spacial score (nSPS) is 15.0. The quantitative estimate of drug-likeness (QED) is 0.742. The summed E-state index contributed by atoms with van der Waals surface area (Å²) in [6, 6.07) is 3.28. The molecule has 5 heteroatoms. The summed E-state index contributed by atoms with van der Waals surface area (Å²) in [7, 11) is 0. The summed E-state index contributed by atoms with van der Waals surface area (Å²) >= 11 is 0. The average molecular weight is 231 g/mol. The molecule has 0 bridgehead atoms. The summed E-state index contributed by atoms with van der Waals surface area (Å²) in [4.78, 5) is 27.5. The van der Waals surface area contributed by atoms with E-state index in [-0.39, 0.29) is 12.3 Å². The Morgan fingerprint density at radius 2 is 2.35 bits per heavy atom. The largest absolute Gasteiger partial charge is 0.282 e. The average Bonchev–Trinajstić information content (AvgIpc) is 2.71. The van der Waals surface area contributed by atoms with Crippen LogP contribution in [0.2, 0.25) is 0 Å². The van der Waals surface area contributed by atoms with Gasteiger partial charge in [-0.1, -0.05) is 13.3 Å². The highest BCUT2D eigenvalue weighted by atomic mass is 16.2. The molecule has 2 amide bonds. The van der Waals surface area contributed by atoms with Crippen LogP contribution in [0.4, 0.5) is 0 Å². The third-order valence-electron chi connectivity index (χ3n) is 2.47. The van der Waals surface area contributed by atoms with Crippen LogP contribution >= 0.6 is 0 Å². The van der Waals surface area contributed by atoms with Crippen LogP contribution in [0.3, 0.4) is 0 Å². The summed E-state index contributed by atoms with van der Waals surface area (Å²) < 4.78 is 0. The van der Waals surface area contributed by atoms with Crippen molar-refractivity contribution in [3.05, 3.63) is 30.1 Å². The fourth-order valence-electron chi connectivity index (χ4n) is 1.68. The first-order chi connectivity index (χ1) is 8.22. The second kappa shape index (κ2) is 4.86. The minimum absolute atomic E-state index is 0.250. The number of aromatic nitrogens is 1. The second-order valence-corrected chi connectivity index (χ2v) is 3.85. The van der Waals surface area contributed by atoms with E-state index in [1.807, 2.05) is 6.92 Å². The molecule has 0 saturated carbocycles. The lowest BCUT2D eigenvalue weighted by Gasteiger charge is -2.08. The molecule has 0 aromatic carbocycles. The number of pyridine rings is 1. The zero-order valence-electron chi connectivity index (χ0n) is 9.59. The number of nitrogens with zero attached hydrogens (tertiary/aromatic N) is 3. The van der Waals surface area contributed by atoms with Gasteiger partial charge in [-0.3, -0.25) is 14.6 Å². The van der Waals surface area contributed by atoms with Crippen LogP contribution in [0.25, 0.3) is 0 Å². The van der Waals surface area contributed by atoms with Crippen molar-refractivity contribution in [2.75, 3.05) is 0 Å². The number of carbonyl (C=O) groups is 2. The Bertz CT molecular complexity index is 468. The van der Waals surface area contributed by atoms with Crippen molar-refractivity contribution in [2.24, 2.45) is 5.10 Å². The number of hydrogen-bond acceptors (Lipinski definition) is 4. The van der Waals surface area contributed by atoms with Crippen LogP contribution in [-0.4, -0.2) is 27.5 Å². The maximum absolute atomic E-state index is 12.0. The molecule has 1 aliphatic rings. The topological polar surface area (TPSA) is 62.6 Å². The van der Waals surface area contributed by atoms with Crippen LogP contribution in [0.1, 0.15) is 36.5 Å². The Morgan fingerprint density at radius 1 is 1.53 bits per heavy atom. The molecule has 0 spiro atoms. The standard InChI is InChI=1S/C12H13N3O2/c1-2-4-10-7-11(16)15(14-10)12(17)9-5-3-6-13-8-9/h3,5-6,8H,2,4,7H2,1H3. The van der Waals surface area contributed by atoms with Gasteiger partial charge in [-0.05, 0) is 18.6 Å². The van der Waals surface area contributed by atoms with Crippen LogP contribution in [0.5, 0.6) is 0 Å². The lowest BCUT2D eigenvalue weighted by Crippen LogP contribution is -2.28. The summed E-state index contributed by atoms with van der Waals surface area (Å²) in [5, 5.41) is 5.00. The molecule has 1 aromatic rings. The van der Waals surface area contributed by atoms with Gasteiger partial charge in [0, 0.05) is 18.1 Å². The van der Waals surface area contributed by atoms with Gasteiger partial charge < -0.3 is 0 Å². The zero-order valence-corrected chi connectivity index (χ0v) is 9.59.